The van der Waals surface area contributed by atoms with E-state index in [1.54, 1.807) is 4.90 Å². The lowest BCUT2D eigenvalue weighted by Crippen LogP contribution is -2.57. The number of carbonyl (C=O) groups is 3. The van der Waals surface area contributed by atoms with E-state index in [2.05, 4.69) is 16.7 Å². The molecule has 8 nitrogen and oxygen atoms in total. The van der Waals surface area contributed by atoms with E-state index in [1.165, 1.54) is 0 Å². The van der Waals surface area contributed by atoms with E-state index in [1.807, 2.05) is 12.1 Å². The number of imide groups is 1. The predicted octanol–water partition coefficient (Wildman–Crippen LogP) is 0.825. The quantitative estimate of drug-likeness (QED) is 0.581. The summed E-state index contributed by atoms with van der Waals surface area (Å²) in [6, 6.07) is 5.32. The third kappa shape index (κ3) is 3.66. The summed E-state index contributed by atoms with van der Waals surface area (Å²) in [5, 5.41) is 5.94. The van der Waals surface area contributed by atoms with Crippen molar-refractivity contribution in [1.29, 1.82) is 0 Å². The normalized spacial score (nSPS) is 32.4. The fraction of sp³-hybridized carbons (Fsp3) is 0.609. The van der Waals surface area contributed by atoms with Crippen molar-refractivity contribution in [2.24, 2.45) is 11.1 Å². The van der Waals surface area contributed by atoms with Crippen LogP contribution in [0.5, 0.6) is 0 Å². The minimum absolute atomic E-state index is 0.0807. The summed E-state index contributed by atoms with van der Waals surface area (Å²) in [7, 11) is 0. The monoisotopic (exact) mass is 426 g/mol. The second-order valence-electron chi connectivity index (χ2n) is 9.67. The van der Waals surface area contributed by atoms with Gasteiger partial charge < -0.3 is 20.7 Å². The lowest BCUT2D eigenvalue weighted by molar-refractivity contribution is -0.176. The maximum Gasteiger partial charge on any atom is 0.255 e. The number of piperidine rings is 1. The number of nitrogens with two attached hydrogens (primary N) is 1. The lowest BCUT2D eigenvalue weighted by Gasteiger charge is -2.53. The largest absolute Gasteiger partial charge is 0.373 e. The fourth-order valence-electron chi connectivity index (χ4n) is 5.53. The standard InChI is InChI=1S/C23H30N4O4/c24-12-23-7-5-22(6-8-23,14-31-23)13-25-10-15-1-2-17-16(9-15)11-27(21(17)30)18-3-4-19(28)26-20(18)29/h1-2,9,18,25H,3-8,10-14,24H2,(H,26,28,29). The summed E-state index contributed by atoms with van der Waals surface area (Å²) in [6.45, 7) is 3.43. The van der Waals surface area contributed by atoms with Crippen LogP contribution in [0.2, 0.25) is 0 Å². The number of rotatable bonds is 6. The predicted molar refractivity (Wildman–Crippen MR) is 113 cm³/mol. The number of carbonyl (C=O) groups excluding carboxylic acids is 3. The van der Waals surface area contributed by atoms with Gasteiger partial charge in [-0.2, -0.15) is 0 Å². The summed E-state index contributed by atoms with van der Waals surface area (Å²) in [5.74, 6) is -0.777. The van der Waals surface area contributed by atoms with Gasteiger partial charge in [-0.05, 0) is 49.3 Å². The molecule has 0 aromatic heterocycles. The zero-order chi connectivity index (χ0) is 21.6. The van der Waals surface area contributed by atoms with Gasteiger partial charge >= 0.3 is 0 Å². The third-order valence-electron chi connectivity index (χ3n) is 7.70. The van der Waals surface area contributed by atoms with Crippen LogP contribution in [0.4, 0.5) is 0 Å². The number of nitrogens with zero attached hydrogens (tertiary/aromatic N) is 1. The first-order valence-corrected chi connectivity index (χ1v) is 11.2. The van der Waals surface area contributed by atoms with Gasteiger partial charge in [0.15, 0.2) is 0 Å². The zero-order valence-electron chi connectivity index (χ0n) is 17.7. The number of hydrogen-bond donors (Lipinski definition) is 3. The molecule has 8 heteroatoms. The van der Waals surface area contributed by atoms with E-state index in [4.69, 9.17) is 10.5 Å². The van der Waals surface area contributed by atoms with Gasteiger partial charge in [0.1, 0.15) is 6.04 Å². The van der Waals surface area contributed by atoms with E-state index < -0.39 is 6.04 Å². The van der Waals surface area contributed by atoms with Gasteiger partial charge in [-0.15, -0.1) is 0 Å². The lowest BCUT2D eigenvalue weighted by atomic mass is 9.66. The summed E-state index contributed by atoms with van der Waals surface area (Å²) in [6.07, 6.45) is 5.04. The van der Waals surface area contributed by atoms with Gasteiger partial charge in [0.25, 0.3) is 5.91 Å². The summed E-state index contributed by atoms with van der Waals surface area (Å²) >= 11 is 0. The molecular weight excluding hydrogens is 396 g/mol. The molecule has 166 valence electrons. The minimum atomic E-state index is -0.573. The van der Waals surface area contributed by atoms with Crippen molar-refractivity contribution in [1.82, 2.24) is 15.5 Å². The Morgan fingerprint density at radius 3 is 2.68 bits per heavy atom. The molecule has 1 aromatic carbocycles. The number of hydrogen-bond acceptors (Lipinski definition) is 6. The van der Waals surface area contributed by atoms with Crippen molar-refractivity contribution in [2.45, 2.75) is 63.3 Å². The zero-order valence-corrected chi connectivity index (χ0v) is 17.7. The van der Waals surface area contributed by atoms with Crippen molar-refractivity contribution in [3.63, 3.8) is 0 Å². The van der Waals surface area contributed by atoms with Gasteiger partial charge in [0, 0.05) is 43.6 Å². The smallest absolute Gasteiger partial charge is 0.255 e. The van der Waals surface area contributed by atoms with Gasteiger partial charge in [0.2, 0.25) is 11.8 Å². The number of nitrogens with one attached hydrogen (secondary N) is 2. The van der Waals surface area contributed by atoms with E-state index in [0.29, 0.717) is 25.1 Å². The highest BCUT2D eigenvalue weighted by Gasteiger charge is 2.48. The molecule has 2 bridgehead atoms. The van der Waals surface area contributed by atoms with Gasteiger partial charge in [-0.25, -0.2) is 0 Å². The Bertz CT molecular complexity index is 906. The van der Waals surface area contributed by atoms with E-state index in [0.717, 1.165) is 56.5 Å². The molecule has 4 fully saturated rings. The van der Waals surface area contributed by atoms with Crippen LogP contribution in [0.1, 0.15) is 60.0 Å². The molecular formula is C23H30N4O4. The molecule has 3 amide bonds. The van der Waals surface area contributed by atoms with Crippen LogP contribution in [-0.4, -0.2) is 54.0 Å². The van der Waals surface area contributed by atoms with Crippen LogP contribution in [0.15, 0.2) is 18.2 Å². The molecule has 1 aliphatic carbocycles. The average molecular weight is 427 g/mol. The highest BCUT2D eigenvalue weighted by atomic mass is 16.5. The van der Waals surface area contributed by atoms with Crippen LogP contribution in [0.25, 0.3) is 0 Å². The highest BCUT2D eigenvalue weighted by molar-refractivity contribution is 6.05. The van der Waals surface area contributed by atoms with Crippen molar-refractivity contribution in [2.75, 3.05) is 19.7 Å². The van der Waals surface area contributed by atoms with Gasteiger partial charge in [-0.1, -0.05) is 12.1 Å². The summed E-state index contributed by atoms with van der Waals surface area (Å²) < 4.78 is 6.12. The van der Waals surface area contributed by atoms with E-state index >= 15 is 0 Å². The molecule has 1 aromatic rings. The SMILES string of the molecule is NCC12CCC(CNCc3ccc4c(c3)CN(C3CCC(=O)NC3=O)C4=O)(CC1)CO2. The Hall–Kier alpha value is -2.29. The van der Waals surface area contributed by atoms with Crippen molar-refractivity contribution < 1.29 is 19.1 Å². The molecule has 0 spiro atoms. The van der Waals surface area contributed by atoms with Crippen molar-refractivity contribution >= 4 is 17.7 Å². The maximum absolute atomic E-state index is 12.8. The molecule has 31 heavy (non-hydrogen) atoms. The van der Waals surface area contributed by atoms with Crippen LogP contribution < -0.4 is 16.4 Å². The molecule has 3 saturated heterocycles. The number of benzene rings is 1. The Kier molecular flexibility index (Phi) is 5.11. The maximum atomic E-state index is 12.8. The van der Waals surface area contributed by atoms with E-state index in [9.17, 15) is 14.4 Å². The molecule has 1 saturated carbocycles. The molecule has 5 aliphatic rings. The first-order chi connectivity index (χ1) is 14.9. The van der Waals surface area contributed by atoms with E-state index in [-0.39, 0.29) is 35.2 Å². The van der Waals surface area contributed by atoms with Gasteiger partial charge in [-0.3, -0.25) is 19.7 Å². The van der Waals surface area contributed by atoms with Crippen LogP contribution in [0.3, 0.4) is 0 Å². The number of fused-ring (bicyclic) bond motifs is 4. The molecule has 4 heterocycles. The topological polar surface area (TPSA) is 114 Å². The highest BCUT2D eigenvalue weighted by Crippen LogP contribution is 2.48. The molecule has 6 rings (SSSR count). The summed E-state index contributed by atoms with van der Waals surface area (Å²) in [5.41, 5.74) is 8.75. The van der Waals surface area contributed by atoms with Crippen molar-refractivity contribution in [3.05, 3.63) is 34.9 Å². The molecule has 1 unspecified atom stereocenters. The second-order valence-corrected chi connectivity index (χ2v) is 9.67. The number of amides is 3. The molecule has 4 aliphatic heterocycles. The minimum Gasteiger partial charge on any atom is -0.373 e. The number of ether oxygens (including phenoxy) is 1. The Labute approximate surface area is 181 Å². The first-order valence-electron chi connectivity index (χ1n) is 11.2. The van der Waals surface area contributed by atoms with Crippen LogP contribution >= 0.6 is 0 Å². The first kappa shape index (κ1) is 20.6. The fourth-order valence-corrected chi connectivity index (χ4v) is 5.53. The Balaban J connectivity index is 1.19. The Morgan fingerprint density at radius 2 is 2.00 bits per heavy atom. The van der Waals surface area contributed by atoms with Crippen LogP contribution in [-0.2, 0) is 27.4 Å². The van der Waals surface area contributed by atoms with Gasteiger partial charge in [0.05, 0.1) is 12.2 Å². The van der Waals surface area contributed by atoms with Crippen LogP contribution in [0, 0.1) is 5.41 Å². The second kappa shape index (κ2) is 7.69. The Morgan fingerprint density at radius 1 is 1.19 bits per heavy atom. The molecule has 4 N–H and O–H groups in total. The molecule has 0 radical (unpaired) electrons. The third-order valence-corrected chi connectivity index (χ3v) is 7.70. The summed E-state index contributed by atoms with van der Waals surface area (Å²) in [4.78, 5) is 38.0. The molecule has 1 atom stereocenters. The van der Waals surface area contributed by atoms with Crippen molar-refractivity contribution in [3.8, 4) is 0 Å². The average Bonchev–Trinajstić information content (AvgIpc) is 3.10.